The van der Waals surface area contributed by atoms with E-state index in [0.717, 1.165) is 40.6 Å². The highest BCUT2D eigenvalue weighted by Crippen LogP contribution is 2.20. The number of carbonyl (C=O) groups excluding carboxylic acids is 1. The van der Waals surface area contributed by atoms with Crippen molar-refractivity contribution in [3.05, 3.63) is 89.2 Å². The van der Waals surface area contributed by atoms with Crippen molar-refractivity contribution in [3.8, 4) is 11.1 Å². The second-order valence-corrected chi connectivity index (χ2v) is 6.01. The maximum Gasteiger partial charge on any atom is 0.141 e. The van der Waals surface area contributed by atoms with Crippen LogP contribution in [0.3, 0.4) is 0 Å². The summed E-state index contributed by atoms with van der Waals surface area (Å²) in [5.41, 5.74) is 3.98. The molecule has 3 aromatic rings. The molecule has 0 saturated heterocycles. The summed E-state index contributed by atoms with van der Waals surface area (Å²) in [4.78, 5) is 16.3. The average Bonchev–Trinajstić information content (AvgIpc) is 2.59. The number of benzene rings is 2. The van der Waals surface area contributed by atoms with Crippen LogP contribution in [-0.4, -0.2) is 10.8 Å². The van der Waals surface area contributed by atoms with E-state index in [4.69, 9.17) is 0 Å². The highest BCUT2D eigenvalue weighted by atomic mass is 19.1. The number of aryl methyl sites for hydroxylation is 1. The van der Waals surface area contributed by atoms with Crippen LogP contribution in [0.4, 0.5) is 8.78 Å². The van der Waals surface area contributed by atoms with Gasteiger partial charge >= 0.3 is 0 Å². The number of halogens is 2. The third-order valence-electron chi connectivity index (χ3n) is 3.98. The van der Waals surface area contributed by atoms with Gasteiger partial charge in [0.25, 0.3) is 0 Å². The van der Waals surface area contributed by atoms with Gasteiger partial charge in [0.1, 0.15) is 17.4 Å². The molecule has 2 nitrogen and oxygen atoms in total. The summed E-state index contributed by atoms with van der Waals surface area (Å²) in [5.74, 6) is -1.25. The fourth-order valence-corrected chi connectivity index (χ4v) is 2.72. The molecule has 2 aromatic carbocycles. The maximum atomic E-state index is 13.6. The minimum absolute atomic E-state index is 0.0916. The van der Waals surface area contributed by atoms with Gasteiger partial charge in [-0.15, -0.1) is 0 Å². The number of nitrogens with zero attached hydrogens (tertiary/aromatic N) is 1. The Bertz CT molecular complexity index is 904. The Kier molecular flexibility index (Phi) is 4.98. The zero-order valence-corrected chi connectivity index (χ0v) is 13.8. The van der Waals surface area contributed by atoms with Crippen LogP contribution in [-0.2, 0) is 17.6 Å². The standard InChI is InChI=1S/C21H17F2NO/c1-14-10-17(8-9-24-14)16-4-2-15(3-5-16)11-20(25)13-18-12-19(22)6-7-21(18)23/h2-10,12H,11,13H2,1H3. The summed E-state index contributed by atoms with van der Waals surface area (Å²) in [5, 5.41) is 0. The van der Waals surface area contributed by atoms with Crippen LogP contribution in [0.5, 0.6) is 0 Å². The van der Waals surface area contributed by atoms with Gasteiger partial charge in [-0.25, -0.2) is 8.78 Å². The van der Waals surface area contributed by atoms with Crippen LogP contribution in [0, 0.1) is 18.6 Å². The summed E-state index contributed by atoms with van der Waals surface area (Å²) in [6.07, 6.45) is 1.83. The second kappa shape index (κ2) is 7.34. The molecule has 0 N–H and O–H groups in total. The molecule has 0 bridgehead atoms. The zero-order chi connectivity index (χ0) is 17.8. The number of carbonyl (C=O) groups is 1. The molecule has 3 rings (SSSR count). The van der Waals surface area contributed by atoms with Gasteiger partial charge in [-0.05, 0) is 59.5 Å². The van der Waals surface area contributed by atoms with Gasteiger partial charge < -0.3 is 0 Å². The molecule has 0 saturated carbocycles. The summed E-state index contributed by atoms with van der Waals surface area (Å²) in [6, 6.07) is 14.7. The van der Waals surface area contributed by atoms with Gasteiger partial charge in [-0.2, -0.15) is 0 Å². The fraction of sp³-hybridized carbons (Fsp3) is 0.143. The van der Waals surface area contributed by atoms with Crippen LogP contribution >= 0.6 is 0 Å². The van der Waals surface area contributed by atoms with Crippen LogP contribution in [0.25, 0.3) is 11.1 Å². The lowest BCUT2D eigenvalue weighted by Crippen LogP contribution is -2.08. The first-order valence-electron chi connectivity index (χ1n) is 7.99. The van der Waals surface area contributed by atoms with Crippen LogP contribution in [0.2, 0.25) is 0 Å². The maximum absolute atomic E-state index is 13.6. The Labute approximate surface area is 145 Å². The van der Waals surface area contributed by atoms with Gasteiger partial charge in [0.2, 0.25) is 0 Å². The van der Waals surface area contributed by atoms with E-state index in [1.54, 1.807) is 6.20 Å². The molecule has 0 aliphatic heterocycles. The summed E-state index contributed by atoms with van der Waals surface area (Å²) < 4.78 is 26.8. The van der Waals surface area contributed by atoms with Crippen LogP contribution in [0.1, 0.15) is 16.8 Å². The Morgan fingerprint density at radius 3 is 2.40 bits per heavy atom. The molecule has 0 radical (unpaired) electrons. The lowest BCUT2D eigenvalue weighted by atomic mass is 9.99. The number of hydrogen-bond acceptors (Lipinski definition) is 2. The number of hydrogen-bond donors (Lipinski definition) is 0. The molecule has 4 heteroatoms. The molecule has 0 aliphatic rings. The average molecular weight is 337 g/mol. The van der Waals surface area contributed by atoms with E-state index in [2.05, 4.69) is 4.98 Å². The van der Waals surface area contributed by atoms with Crippen molar-refractivity contribution in [1.82, 2.24) is 4.98 Å². The Hall–Kier alpha value is -2.88. The van der Waals surface area contributed by atoms with Crippen LogP contribution < -0.4 is 0 Å². The topological polar surface area (TPSA) is 30.0 Å². The lowest BCUT2D eigenvalue weighted by Gasteiger charge is -2.06. The molecule has 1 aromatic heterocycles. The van der Waals surface area contributed by atoms with E-state index < -0.39 is 11.6 Å². The van der Waals surface area contributed by atoms with E-state index in [9.17, 15) is 13.6 Å². The van der Waals surface area contributed by atoms with Gasteiger partial charge in [0.15, 0.2) is 0 Å². The molecule has 0 spiro atoms. The molecule has 0 atom stereocenters. The number of ketones is 1. The summed E-state index contributed by atoms with van der Waals surface area (Å²) in [6.45, 7) is 1.93. The third-order valence-corrected chi connectivity index (χ3v) is 3.98. The lowest BCUT2D eigenvalue weighted by molar-refractivity contribution is -0.117. The Morgan fingerprint density at radius 2 is 1.68 bits per heavy atom. The quantitative estimate of drug-likeness (QED) is 0.676. The predicted octanol–water partition coefficient (Wildman–Crippen LogP) is 4.69. The van der Waals surface area contributed by atoms with Crippen molar-refractivity contribution in [2.45, 2.75) is 19.8 Å². The van der Waals surface area contributed by atoms with Crippen molar-refractivity contribution >= 4 is 5.78 Å². The van der Waals surface area contributed by atoms with Crippen LogP contribution in [0.15, 0.2) is 60.8 Å². The molecule has 1 heterocycles. The Morgan fingerprint density at radius 1 is 0.920 bits per heavy atom. The molecule has 0 aliphatic carbocycles. The normalized spacial score (nSPS) is 10.7. The molecule has 0 unspecified atom stereocenters. The summed E-state index contributed by atoms with van der Waals surface area (Å²) in [7, 11) is 0. The van der Waals surface area contributed by atoms with E-state index in [1.165, 1.54) is 0 Å². The fourth-order valence-electron chi connectivity index (χ4n) is 2.72. The SMILES string of the molecule is Cc1cc(-c2ccc(CC(=O)Cc3cc(F)ccc3F)cc2)ccn1. The number of rotatable bonds is 5. The zero-order valence-electron chi connectivity index (χ0n) is 13.8. The number of pyridine rings is 1. The monoisotopic (exact) mass is 337 g/mol. The molecule has 0 amide bonds. The Balaban J connectivity index is 1.69. The van der Waals surface area contributed by atoms with Gasteiger partial charge in [0.05, 0.1) is 0 Å². The van der Waals surface area contributed by atoms with Crippen molar-refractivity contribution in [2.75, 3.05) is 0 Å². The molecule has 126 valence electrons. The largest absolute Gasteiger partial charge is 0.299 e. The minimum Gasteiger partial charge on any atom is -0.299 e. The number of aromatic nitrogens is 1. The van der Waals surface area contributed by atoms with Crippen molar-refractivity contribution in [3.63, 3.8) is 0 Å². The van der Waals surface area contributed by atoms with Crippen molar-refractivity contribution < 1.29 is 13.6 Å². The minimum atomic E-state index is -0.557. The first-order valence-corrected chi connectivity index (χ1v) is 7.99. The van der Waals surface area contributed by atoms with Crippen molar-refractivity contribution in [2.24, 2.45) is 0 Å². The van der Waals surface area contributed by atoms with Gasteiger partial charge in [0, 0.05) is 24.7 Å². The molecular formula is C21H17F2NO. The van der Waals surface area contributed by atoms with E-state index in [0.29, 0.717) is 0 Å². The first-order chi connectivity index (χ1) is 12.0. The smallest absolute Gasteiger partial charge is 0.141 e. The second-order valence-electron chi connectivity index (χ2n) is 6.01. The summed E-state index contributed by atoms with van der Waals surface area (Å²) >= 11 is 0. The molecule has 25 heavy (non-hydrogen) atoms. The predicted molar refractivity (Wildman–Crippen MR) is 93.2 cm³/mol. The van der Waals surface area contributed by atoms with E-state index in [-0.39, 0.29) is 24.2 Å². The van der Waals surface area contributed by atoms with E-state index in [1.807, 2.05) is 43.3 Å². The van der Waals surface area contributed by atoms with E-state index >= 15 is 0 Å². The number of Topliss-reactive ketones (excluding diaryl/α,β-unsaturated/α-hetero) is 1. The highest BCUT2D eigenvalue weighted by molar-refractivity contribution is 5.83. The molecule has 0 fully saturated rings. The third kappa shape index (κ3) is 4.35. The van der Waals surface area contributed by atoms with Gasteiger partial charge in [-0.1, -0.05) is 24.3 Å². The van der Waals surface area contributed by atoms with Gasteiger partial charge in [-0.3, -0.25) is 9.78 Å². The van der Waals surface area contributed by atoms with Crippen molar-refractivity contribution in [1.29, 1.82) is 0 Å². The highest BCUT2D eigenvalue weighted by Gasteiger charge is 2.10. The first kappa shape index (κ1) is 17.0. The molecular weight excluding hydrogens is 320 g/mol.